The van der Waals surface area contributed by atoms with E-state index in [0.29, 0.717) is 17.2 Å². The van der Waals surface area contributed by atoms with Crippen LogP contribution in [0.25, 0.3) is 56.2 Å². The standard InChI is InChI=1S/C28H25N9/c1-4-12-37(13-5-1)17-18-14-19(16-29-15-18)21-7-8-23-25(32-21)26(36-35-23)28-33-24-20(9-11-31-27(24)34-28)22-6-2-3-10-30-22/h2-3,6-11,14-16H,1,4-5,12-13,17H2,(H,35,36)(H,31,33,34). The van der Waals surface area contributed by atoms with E-state index < -0.39 is 0 Å². The van der Waals surface area contributed by atoms with E-state index in [4.69, 9.17) is 9.97 Å². The van der Waals surface area contributed by atoms with Crippen molar-refractivity contribution in [3.8, 4) is 34.0 Å². The lowest BCUT2D eigenvalue weighted by Gasteiger charge is -2.26. The first-order chi connectivity index (χ1) is 18.3. The molecule has 0 unspecified atom stereocenters. The second kappa shape index (κ2) is 9.18. The van der Waals surface area contributed by atoms with Gasteiger partial charge in [-0.2, -0.15) is 5.10 Å². The van der Waals surface area contributed by atoms with Gasteiger partial charge < -0.3 is 4.98 Å². The Morgan fingerprint density at radius 1 is 0.865 bits per heavy atom. The SMILES string of the molecule is c1ccc(-c2ccnc3nc(-c4n[nH]c5ccc(-c6cncc(CN7CCCCC7)c6)nc45)[nH]c23)nc1. The molecule has 0 aromatic carbocycles. The van der Waals surface area contributed by atoms with Crippen molar-refractivity contribution in [1.29, 1.82) is 0 Å². The predicted octanol–water partition coefficient (Wildman–Crippen LogP) is 5.01. The number of hydrogen-bond donors (Lipinski definition) is 2. The van der Waals surface area contributed by atoms with Crippen LogP contribution in [-0.2, 0) is 6.54 Å². The molecule has 6 aromatic rings. The molecule has 7 rings (SSSR count). The number of pyridine rings is 4. The summed E-state index contributed by atoms with van der Waals surface area (Å²) < 4.78 is 0. The van der Waals surface area contributed by atoms with Crippen molar-refractivity contribution < 1.29 is 0 Å². The Bertz CT molecular complexity index is 1700. The molecule has 1 aliphatic heterocycles. The van der Waals surface area contributed by atoms with Crippen molar-refractivity contribution in [2.24, 2.45) is 0 Å². The molecular weight excluding hydrogens is 462 g/mol. The van der Waals surface area contributed by atoms with Gasteiger partial charge in [-0.25, -0.2) is 15.0 Å². The third-order valence-electron chi connectivity index (χ3n) is 6.91. The van der Waals surface area contributed by atoms with Crippen LogP contribution in [0.3, 0.4) is 0 Å². The van der Waals surface area contributed by atoms with Crippen LogP contribution in [0, 0.1) is 0 Å². The number of likely N-dealkylation sites (tertiary alicyclic amines) is 1. The molecule has 6 aromatic heterocycles. The summed E-state index contributed by atoms with van der Waals surface area (Å²) in [6, 6.07) is 14.0. The van der Waals surface area contributed by atoms with Crippen molar-refractivity contribution >= 4 is 22.2 Å². The van der Waals surface area contributed by atoms with Gasteiger partial charge in [0, 0.05) is 42.5 Å². The van der Waals surface area contributed by atoms with Crippen LogP contribution in [-0.4, -0.2) is 58.1 Å². The highest BCUT2D eigenvalue weighted by atomic mass is 15.2. The third-order valence-corrected chi connectivity index (χ3v) is 6.91. The number of hydrogen-bond acceptors (Lipinski definition) is 7. The summed E-state index contributed by atoms with van der Waals surface area (Å²) >= 11 is 0. The zero-order valence-electron chi connectivity index (χ0n) is 20.2. The number of nitrogens with one attached hydrogen (secondary N) is 2. The minimum Gasteiger partial charge on any atom is -0.335 e. The van der Waals surface area contributed by atoms with E-state index >= 15 is 0 Å². The average molecular weight is 488 g/mol. The van der Waals surface area contributed by atoms with Gasteiger partial charge in [0.15, 0.2) is 17.2 Å². The lowest BCUT2D eigenvalue weighted by molar-refractivity contribution is 0.220. The molecule has 7 heterocycles. The van der Waals surface area contributed by atoms with Crippen LogP contribution in [0.15, 0.2) is 67.3 Å². The molecule has 0 spiro atoms. The Balaban J connectivity index is 1.26. The molecule has 0 atom stereocenters. The zero-order valence-corrected chi connectivity index (χ0v) is 20.2. The minimum absolute atomic E-state index is 0.610. The molecule has 9 heteroatoms. The summed E-state index contributed by atoms with van der Waals surface area (Å²) in [6.07, 6.45) is 11.2. The maximum atomic E-state index is 4.98. The number of aromatic amines is 2. The second-order valence-corrected chi connectivity index (χ2v) is 9.44. The van der Waals surface area contributed by atoms with Gasteiger partial charge in [0.1, 0.15) is 5.52 Å². The minimum atomic E-state index is 0.610. The first-order valence-corrected chi connectivity index (χ1v) is 12.6. The number of rotatable bonds is 5. The van der Waals surface area contributed by atoms with Gasteiger partial charge in [-0.05, 0) is 67.9 Å². The van der Waals surface area contributed by atoms with Crippen molar-refractivity contribution in [3.63, 3.8) is 0 Å². The summed E-state index contributed by atoms with van der Waals surface area (Å²) in [5.41, 5.74) is 8.52. The molecule has 37 heavy (non-hydrogen) atoms. The van der Waals surface area contributed by atoms with Gasteiger partial charge >= 0.3 is 0 Å². The van der Waals surface area contributed by atoms with Gasteiger partial charge in [0.2, 0.25) is 0 Å². The van der Waals surface area contributed by atoms with Crippen LogP contribution >= 0.6 is 0 Å². The zero-order chi connectivity index (χ0) is 24.6. The molecule has 2 N–H and O–H groups in total. The maximum Gasteiger partial charge on any atom is 0.178 e. The lowest BCUT2D eigenvalue weighted by atomic mass is 10.1. The van der Waals surface area contributed by atoms with Gasteiger partial charge in [-0.1, -0.05) is 12.5 Å². The largest absolute Gasteiger partial charge is 0.335 e. The summed E-state index contributed by atoms with van der Waals surface area (Å²) in [7, 11) is 0. The van der Waals surface area contributed by atoms with E-state index in [0.717, 1.165) is 58.7 Å². The van der Waals surface area contributed by atoms with Gasteiger partial charge in [0.05, 0.1) is 22.4 Å². The summed E-state index contributed by atoms with van der Waals surface area (Å²) in [4.78, 5) is 29.1. The first-order valence-electron chi connectivity index (χ1n) is 12.6. The predicted molar refractivity (Wildman–Crippen MR) is 142 cm³/mol. The van der Waals surface area contributed by atoms with Crippen molar-refractivity contribution in [2.45, 2.75) is 25.8 Å². The highest BCUT2D eigenvalue weighted by Gasteiger charge is 2.18. The smallest absolute Gasteiger partial charge is 0.178 e. The Labute approximate surface area is 213 Å². The molecular formula is C28H25N9. The molecule has 0 amide bonds. The number of piperidine rings is 1. The second-order valence-electron chi connectivity index (χ2n) is 9.44. The fraction of sp³-hybridized carbons (Fsp3) is 0.214. The number of aromatic nitrogens is 8. The van der Waals surface area contributed by atoms with E-state index in [9.17, 15) is 0 Å². The molecule has 0 radical (unpaired) electrons. The average Bonchev–Trinajstić information content (AvgIpc) is 3.58. The molecule has 1 fully saturated rings. The van der Waals surface area contributed by atoms with Crippen LogP contribution < -0.4 is 0 Å². The summed E-state index contributed by atoms with van der Waals surface area (Å²) in [6.45, 7) is 3.23. The van der Waals surface area contributed by atoms with Crippen molar-refractivity contribution in [3.05, 3.63) is 72.8 Å². The van der Waals surface area contributed by atoms with Crippen LogP contribution in [0.5, 0.6) is 0 Å². The lowest BCUT2D eigenvalue weighted by Crippen LogP contribution is -2.29. The van der Waals surface area contributed by atoms with Gasteiger partial charge in [-0.15, -0.1) is 0 Å². The monoisotopic (exact) mass is 487 g/mol. The van der Waals surface area contributed by atoms with E-state index in [2.05, 4.69) is 41.1 Å². The van der Waals surface area contributed by atoms with Crippen LogP contribution in [0.2, 0.25) is 0 Å². The molecule has 0 aliphatic carbocycles. The van der Waals surface area contributed by atoms with Gasteiger partial charge in [-0.3, -0.25) is 20.0 Å². The number of nitrogens with zero attached hydrogens (tertiary/aromatic N) is 7. The first kappa shape index (κ1) is 21.8. The molecule has 0 saturated carbocycles. The Morgan fingerprint density at radius 2 is 1.81 bits per heavy atom. The molecule has 1 aliphatic rings. The van der Waals surface area contributed by atoms with Crippen molar-refractivity contribution in [1.82, 2.24) is 45.0 Å². The maximum absolute atomic E-state index is 4.98. The number of fused-ring (bicyclic) bond motifs is 2. The number of H-pyrrole nitrogens is 2. The molecule has 182 valence electrons. The number of imidazole rings is 1. The topological polar surface area (TPSA) is 112 Å². The van der Waals surface area contributed by atoms with Crippen LogP contribution in [0.1, 0.15) is 24.8 Å². The van der Waals surface area contributed by atoms with E-state index in [1.165, 1.54) is 24.8 Å². The quantitative estimate of drug-likeness (QED) is 0.352. The normalized spacial score (nSPS) is 14.5. The molecule has 0 bridgehead atoms. The highest BCUT2D eigenvalue weighted by molar-refractivity contribution is 5.94. The van der Waals surface area contributed by atoms with E-state index in [1.807, 2.05) is 48.8 Å². The molecule has 9 nitrogen and oxygen atoms in total. The highest BCUT2D eigenvalue weighted by Crippen LogP contribution is 2.30. The van der Waals surface area contributed by atoms with Crippen molar-refractivity contribution in [2.75, 3.05) is 13.1 Å². The Morgan fingerprint density at radius 3 is 2.70 bits per heavy atom. The Kier molecular flexibility index (Phi) is 5.40. The van der Waals surface area contributed by atoms with Gasteiger partial charge in [0.25, 0.3) is 0 Å². The summed E-state index contributed by atoms with van der Waals surface area (Å²) in [5.74, 6) is 0.610. The molecule has 1 saturated heterocycles. The van der Waals surface area contributed by atoms with E-state index in [-0.39, 0.29) is 0 Å². The van der Waals surface area contributed by atoms with E-state index in [1.54, 1.807) is 12.4 Å². The van der Waals surface area contributed by atoms with Crippen LogP contribution in [0.4, 0.5) is 0 Å². The fourth-order valence-corrected chi connectivity index (χ4v) is 5.07. The fourth-order valence-electron chi connectivity index (χ4n) is 5.07. The third kappa shape index (κ3) is 4.13. The summed E-state index contributed by atoms with van der Waals surface area (Å²) in [5, 5.41) is 7.64. The Hall–Kier alpha value is -4.50.